The van der Waals surface area contributed by atoms with Crippen LogP contribution in [0.5, 0.6) is 0 Å². The largest absolute Gasteiger partial charge is 0.467 e. The van der Waals surface area contributed by atoms with Crippen LogP contribution in [0.3, 0.4) is 0 Å². The lowest BCUT2D eigenvalue weighted by Gasteiger charge is -2.12. The Bertz CT molecular complexity index is 882. The highest BCUT2D eigenvalue weighted by Crippen LogP contribution is 2.23. The fourth-order valence-corrected chi connectivity index (χ4v) is 3.42. The molecule has 3 aromatic rings. The zero-order chi connectivity index (χ0) is 19.4. The summed E-state index contributed by atoms with van der Waals surface area (Å²) in [6.07, 6.45) is 3.32. The quantitative estimate of drug-likeness (QED) is 0.594. The second kappa shape index (κ2) is 8.43. The van der Waals surface area contributed by atoms with E-state index in [2.05, 4.69) is 34.5 Å². The van der Waals surface area contributed by atoms with Gasteiger partial charge in [0.05, 0.1) is 24.8 Å². The zero-order valence-electron chi connectivity index (χ0n) is 15.9. The highest BCUT2D eigenvalue weighted by molar-refractivity contribution is 7.99. The number of thioether (sulfide) groups is 1. The summed E-state index contributed by atoms with van der Waals surface area (Å²) in [5, 5.41) is 16.4. The van der Waals surface area contributed by atoms with Gasteiger partial charge in [0.2, 0.25) is 5.91 Å². The van der Waals surface area contributed by atoms with Gasteiger partial charge in [-0.05, 0) is 26.0 Å². The van der Waals surface area contributed by atoms with Crippen molar-refractivity contribution >= 4 is 23.5 Å². The van der Waals surface area contributed by atoms with E-state index >= 15 is 0 Å². The Morgan fingerprint density at radius 3 is 2.74 bits per heavy atom. The van der Waals surface area contributed by atoms with Crippen molar-refractivity contribution in [1.82, 2.24) is 24.5 Å². The van der Waals surface area contributed by atoms with Crippen molar-refractivity contribution in [2.24, 2.45) is 0 Å². The van der Waals surface area contributed by atoms with Crippen LogP contribution in [0.2, 0.25) is 0 Å². The maximum atomic E-state index is 12.4. The van der Waals surface area contributed by atoms with Crippen molar-refractivity contribution in [3.63, 3.8) is 0 Å². The van der Waals surface area contributed by atoms with Gasteiger partial charge < -0.3 is 9.73 Å². The van der Waals surface area contributed by atoms with Gasteiger partial charge in [-0.15, -0.1) is 10.2 Å². The minimum absolute atomic E-state index is 0.110. The number of carbonyl (C=O) groups is 1. The van der Waals surface area contributed by atoms with E-state index in [1.165, 1.54) is 11.8 Å². The maximum absolute atomic E-state index is 12.4. The van der Waals surface area contributed by atoms with Gasteiger partial charge in [-0.2, -0.15) is 5.10 Å². The first-order valence-corrected chi connectivity index (χ1v) is 9.86. The van der Waals surface area contributed by atoms with Crippen LogP contribution in [-0.2, 0) is 11.3 Å². The second-order valence-electron chi connectivity index (χ2n) is 6.75. The second-order valence-corrected chi connectivity index (χ2v) is 7.70. The van der Waals surface area contributed by atoms with Gasteiger partial charge in [-0.25, -0.2) is 4.68 Å². The lowest BCUT2D eigenvalue weighted by molar-refractivity contribution is -0.113. The lowest BCUT2D eigenvalue weighted by Crippen LogP contribution is -2.18. The van der Waals surface area contributed by atoms with Gasteiger partial charge in [0.25, 0.3) is 0 Å². The molecule has 0 radical (unpaired) electrons. The highest BCUT2D eigenvalue weighted by atomic mass is 32.2. The van der Waals surface area contributed by atoms with Crippen LogP contribution in [0.1, 0.15) is 51.2 Å². The van der Waals surface area contributed by atoms with E-state index in [0.717, 1.165) is 11.6 Å². The van der Waals surface area contributed by atoms with Gasteiger partial charge in [0, 0.05) is 18.0 Å². The van der Waals surface area contributed by atoms with Crippen LogP contribution in [0.25, 0.3) is 0 Å². The van der Waals surface area contributed by atoms with E-state index in [-0.39, 0.29) is 23.6 Å². The van der Waals surface area contributed by atoms with Crippen LogP contribution in [0, 0.1) is 0 Å². The summed E-state index contributed by atoms with van der Waals surface area (Å²) in [6, 6.07) is 5.73. The molecule has 27 heavy (non-hydrogen) atoms. The fraction of sp³-hybridized carbons (Fsp3) is 0.444. The van der Waals surface area contributed by atoms with Crippen LogP contribution in [0.15, 0.2) is 40.2 Å². The summed E-state index contributed by atoms with van der Waals surface area (Å²) in [7, 11) is 0. The van der Waals surface area contributed by atoms with Crippen LogP contribution < -0.4 is 5.32 Å². The normalized spacial score (nSPS) is 11.5. The molecule has 144 valence electrons. The Hall–Kier alpha value is -2.55. The molecule has 3 aromatic heterocycles. The molecule has 9 heteroatoms. The van der Waals surface area contributed by atoms with Crippen molar-refractivity contribution < 1.29 is 9.21 Å². The predicted octanol–water partition coefficient (Wildman–Crippen LogP) is 3.55. The standard InChI is InChI=1S/C18H24N6O2S/c1-12(2)17-21-22-18(23(17)10-14-6-5-9-26-14)27-11-16(25)20-15-7-8-19-24(15)13(3)4/h5-9,12-13H,10-11H2,1-4H3,(H,20,25). The average Bonchev–Trinajstić information content (AvgIpc) is 3.34. The molecule has 0 aliphatic heterocycles. The van der Waals surface area contributed by atoms with Gasteiger partial charge in [0.1, 0.15) is 17.4 Å². The third-order valence-corrected chi connectivity index (χ3v) is 4.88. The molecule has 0 aromatic carbocycles. The molecule has 0 fully saturated rings. The minimum atomic E-state index is -0.110. The molecule has 0 saturated carbocycles. The first-order valence-electron chi connectivity index (χ1n) is 8.87. The molecule has 3 rings (SSSR count). The third kappa shape index (κ3) is 4.60. The van der Waals surface area contributed by atoms with E-state index in [9.17, 15) is 4.79 Å². The Balaban J connectivity index is 1.68. The number of hydrogen-bond donors (Lipinski definition) is 1. The summed E-state index contributed by atoms with van der Waals surface area (Å²) in [4.78, 5) is 12.4. The van der Waals surface area contributed by atoms with Crippen LogP contribution in [-0.4, -0.2) is 36.2 Å². The molecular weight excluding hydrogens is 364 g/mol. The molecule has 0 aliphatic rings. The number of anilines is 1. The molecule has 0 aliphatic carbocycles. The van der Waals surface area contributed by atoms with Crippen molar-refractivity contribution in [1.29, 1.82) is 0 Å². The average molecular weight is 388 g/mol. The number of rotatable bonds is 8. The van der Waals surface area contributed by atoms with E-state index in [1.807, 2.05) is 30.5 Å². The highest BCUT2D eigenvalue weighted by Gasteiger charge is 2.18. The van der Waals surface area contributed by atoms with E-state index in [4.69, 9.17) is 4.42 Å². The summed E-state index contributed by atoms with van der Waals surface area (Å²) in [6.45, 7) is 8.70. The Labute approximate surface area is 162 Å². The van der Waals surface area contributed by atoms with E-state index in [0.29, 0.717) is 17.5 Å². The smallest absolute Gasteiger partial charge is 0.235 e. The van der Waals surface area contributed by atoms with Crippen LogP contribution in [0.4, 0.5) is 5.82 Å². The lowest BCUT2D eigenvalue weighted by atomic mass is 10.2. The number of hydrogen-bond acceptors (Lipinski definition) is 6. The zero-order valence-corrected chi connectivity index (χ0v) is 16.7. The molecule has 0 atom stereocenters. The molecule has 0 saturated heterocycles. The third-order valence-electron chi connectivity index (χ3n) is 3.92. The van der Waals surface area contributed by atoms with E-state index < -0.39 is 0 Å². The first kappa shape index (κ1) is 19.2. The molecule has 0 bridgehead atoms. The number of amides is 1. The monoisotopic (exact) mass is 388 g/mol. The number of nitrogens with one attached hydrogen (secondary N) is 1. The molecule has 1 N–H and O–H groups in total. The summed E-state index contributed by atoms with van der Waals surface area (Å²) in [5.74, 6) is 2.72. The Morgan fingerprint density at radius 2 is 2.07 bits per heavy atom. The van der Waals surface area contributed by atoms with Crippen molar-refractivity contribution in [3.8, 4) is 0 Å². The summed E-state index contributed by atoms with van der Waals surface area (Å²) >= 11 is 1.36. The molecule has 8 nitrogen and oxygen atoms in total. The summed E-state index contributed by atoms with van der Waals surface area (Å²) in [5.41, 5.74) is 0. The maximum Gasteiger partial charge on any atom is 0.235 e. The topological polar surface area (TPSA) is 90.8 Å². The number of aromatic nitrogens is 5. The molecule has 3 heterocycles. The molecule has 0 spiro atoms. The number of nitrogens with zero attached hydrogens (tertiary/aromatic N) is 5. The molecule has 0 unspecified atom stereocenters. The predicted molar refractivity (Wildman–Crippen MR) is 104 cm³/mol. The molecule has 1 amide bonds. The van der Waals surface area contributed by atoms with E-state index in [1.54, 1.807) is 23.2 Å². The first-order chi connectivity index (χ1) is 13.0. The summed E-state index contributed by atoms with van der Waals surface area (Å²) < 4.78 is 9.23. The number of carbonyl (C=O) groups excluding carboxylic acids is 1. The SMILES string of the molecule is CC(C)c1nnc(SCC(=O)Nc2ccnn2C(C)C)n1Cc1ccco1. The minimum Gasteiger partial charge on any atom is -0.467 e. The molecular formula is C18H24N6O2S. The van der Waals surface area contributed by atoms with Gasteiger partial charge >= 0.3 is 0 Å². The van der Waals surface area contributed by atoms with Crippen molar-refractivity contribution in [2.75, 3.05) is 11.1 Å². The van der Waals surface area contributed by atoms with Gasteiger partial charge in [-0.3, -0.25) is 9.36 Å². The van der Waals surface area contributed by atoms with Crippen LogP contribution >= 0.6 is 11.8 Å². The number of furan rings is 1. The Morgan fingerprint density at radius 1 is 1.26 bits per heavy atom. The van der Waals surface area contributed by atoms with Crippen molar-refractivity contribution in [3.05, 3.63) is 42.2 Å². The van der Waals surface area contributed by atoms with Crippen molar-refractivity contribution in [2.45, 2.75) is 51.4 Å². The van der Waals surface area contributed by atoms with Gasteiger partial charge in [-0.1, -0.05) is 25.6 Å². The Kier molecular flexibility index (Phi) is 6.00. The fourth-order valence-electron chi connectivity index (χ4n) is 2.67. The van der Waals surface area contributed by atoms with Gasteiger partial charge in [0.15, 0.2) is 5.16 Å².